The maximum absolute atomic E-state index is 13.2. The average Bonchev–Trinajstić information content (AvgIpc) is 3.20. The molecule has 2 aromatic carbocycles. The molecule has 0 bridgehead atoms. The van der Waals surface area contributed by atoms with E-state index in [1.165, 1.54) is 11.8 Å². The molecule has 0 atom stereocenters. The van der Waals surface area contributed by atoms with Crippen LogP contribution in [0.5, 0.6) is 0 Å². The van der Waals surface area contributed by atoms with Crippen LogP contribution < -0.4 is 10.2 Å². The normalized spacial score (nSPS) is 14.8. The highest BCUT2D eigenvalue weighted by Gasteiger charge is 2.21. The fourth-order valence-electron chi connectivity index (χ4n) is 3.55. The average molecular weight is 408 g/mol. The van der Waals surface area contributed by atoms with Crippen LogP contribution in [0.2, 0.25) is 0 Å². The van der Waals surface area contributed by atoms with Crippen molar-refractivity contribution in [2.24, 2.45) is 0 Å². The number of rotatable bonds is 5. The summed E-state index contributed by atoms with van der Waals surface area (Å²) in [4.78, 5) is 22.3. The fraction of sp³-hybridized carbons (Fsp3) is 0.273. The third kappa shape index (κ3) is 4.16. The summed E-state index contributed by atoms with van der Waals surface area (Å²) in [5, 5.41) is 3.90. The lowest BCUT2D eigenvalue weighted by Gasteiger charge is -2.35. The number of piperazine rings is 1. The number of nitrogens with one attached hydrogen (secondary N) is 1. The molecule has 0 aliphatic carbocycles. The SMILES string of the molecule is CSc1ncc(C(=O)Nc2ccccc2N2CCN(C)CC2)n1-c1ccccc1. The van der Waals surface area contributed by atoms with Gasteiger partial charge >= 0.3 is 0 Å². The molecule has 29 heavy (non-hydrogen) atoms. The van der Waals surface area contributed by atoms with Crippen LogP contribution in [-0.4, -0.2) is 59.8 Å². The second-order valence-corrected chi connectivity index (χ2v) is 7.84. The van der Waals surface area contributed by atoms with Crippen LogP contribution >= 0.6 is 11.8 Å². The van der Waals surface area contributed by atoms with Crippen LogP contribution in [-0.2, 0) is 0 Å². The Labute approximate surface area is 175 Å². The Balaban J connectivity index is 1.63. The molecular weight excluding hydrogens is 382 g/mol. The number of benzene rings is 2. The summed E-state index contributed by atoms with van der Waals surface area (Å²) in [6, 6.07) is 17.9. The van der Waals surface area contributed by atoms with Crippen LogP contribution in [0.15, 0.2) is 66.0 Å². The van der Waals surface area contributed by atoms with Crippen molar-refractivity contribution >= 4 is 29.0 Å². The maximum Gasteiger partial charge on any atom is 0.274 e. The predicted octanol–water partition coefficient (Wildman–Crippen LogP) is 3.60. The molecule has 1 aliphatic heterocycles. The van der Waals surface area contributed by atoms with Crippen LogP contribution in [0.4, 0.5) is 11.4 Å². The maximum atomic E-state index is 13.2. The van der Waals surface area contributed by atoms with Gasteiger partial charge in [0.1, 0.15) is 5.69 Å². The van der Waals surface area contributed by atoms with Crippen molar-refractivity contribution in [1.82, 2.24) is 14.5 Å². The highest BCUT2D eigenvalue weighted by atomic mass is 32.2. The van der Waals surface area contributed by atoms with Gasteiger partial charge in [-0.05, 0) is 37.6 Å². The molecule has 3 aromatic rings. The lowest BCUT2D eigenvalue weighted by Crippen LogP contribution is -2.44. The third-order valence-electron chi connectivity index (χ3n) is 5.16. The van der Waals surface area contributed by atoms with Gasteiger partial charge in [0.05, 0.1) is 17.6 Å². The van der Waals surface area contributed by atoms with Crippen molar-refractivity contribution < 1.29 is 4.79 Å². The quantitative estimate of drug-likeness (QED) is 0.655. The van der Waals surface area contributed by atoms with E-state index in [1.807, 2.05) is 59.4 Å². The van der Waals surface area contributed by atoms with Crippen molar-refractivity contribution in [2.75, 3.05) is 49.7 Å². The van der Waals surface area contributed by atoms with Crippen LogP contribution in [0.25, 0.3) is 5.69 Å². The summed E-state index contributed by atoms with van der Waals surface area (Å²) in [6.45, 7) is 3.92. The number of carbonyl (C=O) groups excluding carboxylic acids is 1. The van der Waals surface area contributed by atoms with E-state index in [2.05, 4.69) is 33.2 Å². The Morgan fingerprint density at radius 3 is 2.41 bits per heavy atom. The van der Waals surface area contributed by atoms with Crippen molar-refractivity contribution in [1.29, 1.82) is 0 Å². The summed E-state index contributed by atoms with van der Waals surface area (Å²) >= 11 is 1.52. The number of thioether (sulfide) groups is 1. The highest BCUT2D eigenvalue weighted by molar-refractivity contribution is 7.98. The van der Waals surface area contributed by atoms with Gasteiger partial charge in [-0.25, -0.2) is 4.98 Å². The molecule has 1 aliphatic rings. The van der Waals surface area contributed by atoms with Gasteiger partial charge in [0, 0.05) is 31.9 Å². The van der Waals surface area contributed by atoms with E-state index < -0.39 is 0 Å². The Bertz CT molecular complexity index is 980. The number of aromatic nitrogens is 2. The Morgan fingerprint density at radius 2 is 1.69 bits per heavy atom. The van der Waals surface area contributed by atoms with Gasteiger partial charge < -0.3 is 15.1 Å². The minimum atomic E-state index is -0.164. The molecule has 1 saturated heterocycles. The van der Waals surface area contributed by atoms with E-state index in [4.69, 9.17) is 0 Å². The van der Waals surface area contributed by atoms with Crippen molar-refractivity contribution in [3.8, 4) is 5.69 Å². The van der Waals surface area contributed by atoms with Crippen LogP contribution in [0, 0.1) is 0 Å². The summed E-state index contributed by atoms with van der Waals surface area (Å²) in [5.41, 5.74) is 3.33. The topological polar surface area (TPSA) is 53.4 Å². The van der Waals surface area contributed by atoms with Gasteiger partial charge in [-0.2, -0.15) is 0 Å². The third-order valence-corrected chi connectivity index (χ3v) is 5.81. The number of imidazole rings is 1. The Hall–Kier alpha value is -2.77. The van der Waals surface area contributed by atoms with Crippen molar-refractivity contribution in [3.05, 3.63) is 66.5 Å². The molecule has 0 unspecified atom stereocenters. The van der Waals surface area contributed by atoms with E-state index in [0.717, 1.165) is 48.4 Å². The zero-order valence-corrected chi connectivity index (χ0v) is 17.5. The van der Waals surface area contributed by atoms with Gasteiger partial charge in [0.15, 0.2) is 5.16 Å². The predicted molar refractivity (Wildman–Crippen MR) is 119 cm³/mol. The van der Waals surface area contributed by atoms with Crippen molar-refractivity contribution in [2.45, 2.75) is 5.16 Å². The number of amides is 1. The van der Waals surface area contributed by atoms with E-state index in [9.17, 15) is 4.79 Å². The molecular formula is C22H25N5OS. The van der Waals surface area contributed by atoms with E-state index in [0.29, 0.717) is 5.69 Å². The number of anilines is 2. The zero-order chi connectivity index (χ0) is 20.2. The largest absolute Gasteiger partial charge is 0.367 e. The zero-order valence-electron chi connectivity index (χ0n) is 16.7. The molecule has 6 nitrogen and oxygen atoms in total. The highest BCUT2D eigenvalue weighted by Crippen LogP contribution is 2.28. The molecule has 1 aromatic heterocycles. The first-order valence-electron chi connectivity index (χ1n) is 9.68. The minimum Gasteiger partial charge on any atom is -0.367 e. The van der Waals surface area contributed by atoms with E-state index in [-0.39, 0.29) is 5.91 Å². The second kappa shape index (κ2) is 8.71. The smallest absolute Gasteiger partial charge is 0.274 e. The minimum absolute atomic E-state index is 0.164. The monoisotopic (exact) mass is 407 g/mol. The first kappa shape index (κ1) is 19.5. The number of likely N-dealkylation sites (N-methyl/N-ethyl adjacent to an activating group) is 1. The molecule has 0 saturated carbocycles. The summed E-state index contributed by atoms with van der Waals surface area (Å²) < 4.78 is 1.90. The molecule has 0 radical (unpaired) electrons. The van der Waals surface area contributed by atoms with Crippen LogP contribution in [0.1, 0.15) is 10.5 Å². The number of hydrogen-bond acceptors (Lipinski definition) is 5. The number of hydrogen-bond donors (Lipinski definition) is 1. The van der Waals surface area contributed by atoms with Gasteiger partial charge in [0.2, 0.25) is 0 Å². The van der Waals surface area contributed by atoms with Crippen molar-refractivity contribution in [3.63, 3.8) is 0 Å². The van der Waals surface area contributed by atoms with Gasteiger partial charge in [-0.1, -0.05) is 42.1 Å². The Morgan fingerprint density at radius 1 is 1.00 bits per heavy atom. The van der Waals surface area contributed by atoms with E-state index >= 15 is 0 Å². The summed E-state index contributed by atoms with van der Waals surface area (Å²) in [6.07, 6.45) is 3.61. The second-order valence-electron chi connectivity index (χ2n) is 7.06. The Kier molecular flexibility index (Phi) is 5.87. The molecule has 4 rings (SSSR count). The molecule has 7 heteroatoms. The lowest BCUT2D eigenvalue weighted by molar-refractivity contribution is 0.102. The number of carbonyl (C=O) groups is 1. The van der Waals surface area contributed by atoms with Gasteiger partial charge in [-0.3, -0.25) is 9.36 Å². The molecule has 1 N–H and O–H groups in total. The van der Waals surface area contributed by atoms with E-state index in [1.54, 1.807) is 6.20 Å². The molecule has 1 fully saturated rings. The molecule has 1 amide bonds. The fourth-order valence-corrected chi connectivity index (χ4v) is 4.10. The summed E-state index contributed by atoms with van der Waals surface area (Å²) in [7, 11) is 2.14. The number of para-hydroxylation sites is 3. The molecule has 150 valence electrons. The van der Waals surface area contributed by atoms with Crippen LogP contribution in [0.3, 0.4) is 0 Å². The first-order valence-corrected chi connectivity index (χ1v) is 10.9. The molecule has 0 spiro atoms. The van der Waals surface area contributed by atoms with Gasteiger partial charge in [0.25, 0.3) is 5.91 Å². The van der Waals surface area contributed by atoms with Gasteiger partial charge in [-0.15, -0.1) is 0 Å². The lowest BCUT2D eigenvalue weighted by atomic mass is 10.2. The summed E-state index contributed by atoms with van der Waals surface area (Å²) in [5.74, 6) is -0.164. The standard InChI is InChI=1S/C22H25N5OS/c1-25-12-14-26(15-13-25)19-11-7-6-10-18(19)24-21(28)20-16-23-22(29-2)27(20)17-8-4-3-5-9-17/h3-11,16H,12-15H2,1-2H3,(H,24,28). The number of nitrogens with zero attached hydrogens (tertiary/aromatic N) is 4. The first-order chi connectivity index (χ1) is 14.2. The molecule has 2 heterocycles.